The first-order chi connectivity index (χ1) is 10.8. The average molecular weight is 320 g/mol. The molecule has 0 fully saturated rings. The van der Waals surface area contributed by atoms with E-state index >= 15 is 0 Å². The van der Waals surface area contributed by atoms with Gasteiger partial charge < -0.3 is 15.3 Å². The lowest BCUT2D eigenvalue weighted by Crippen LogP contribution is -2.51. The van der Waals surface area contributed by atoms with Crippen LogP contribution in [0.1, 0.15) is 38.2 Å². The van der Waals surface area contributed by atoms with E-state index in [1.54, 1.807) is 51.4 Å². The minimum absolute atomic E-state index is 0.0548. The second-order valence-electron chi connectivity index (χ2n) is 5.62. The Bertz CT molecular complexity index is 557. The Balaban J connectivity index is 2.77. The summed E-state index contributed by atoms with van der Waals surface area (Å²) in [5, 5.41) is 12.3. The molecule has 0 saturated heterocycles. The molecule has 1 atom stereocenters. The maximum Gasteiger partial charge on any atom is 0.334 e. The van der Waals surface area contributed by atoms with E-state index in [0.29, 0.717) is 12.0 Å². The highest BCUT2D eigenvalue weighted by Gasteiger charge is 2.39. The minimum atomic E-state index is -1.44. The summed E-state index contributed by atoms with van der Waals surface area (Å²) in [5.74, 6) is -1.52. The van der Waals surface area contributed by atoms with Gasteiger partial charge in [-0.2, -0.15) is 0 Å². The van der Waals surface area contributed by atoms with Crippen molar-refractivity contribution in [1.29, 1.82) is 0 Å². The molecule has 0 aromatic heterocycles. The minimum Gasteiger partial charge on any atom is -0.479 e. The van der Waals surface area contributed by atoms with Gasteiger partial charge in [0.15, 0.2) is 5.54 Å². The summed E-state index contributed by atoms with van der Waals surface area (Å²) < 4.78 is 0. The lowest BCUT2D eigenvalue weighted by molar-refractivity contribution is -0.148. The van der Waals surface area contributed by atoms with Gasteiger partial charge >= 0.3 is 5.97 Å². The van der Waals surface area contributed by atoms with E-state index < -0.39 is 11.5 Å². The predicted molar refractivity (Wildman–Crippen MR) is 86.7 cm³/mol. The average Bonchev–Trinajstić information content (AvgIpc) is 2.52. The molecule has 1 aromatic carbocycles. The van der Waals surface area contributed by atoms with Crippen LogP contribution in [0.25, 0.3) is 0 Å². The summed E-state index contributed by atoms with van der Waals surface area (Å²) in [7, 11) is 3.31. The molecule has 1 unspecified atom stereocenters. The molecule has 6 heteroatoms. The Hall–Kier alpha value is -2.37. The van der Waals surface area contributed by atoms with Crippen LogP contribution in [0.5, 0.6) is 0 Å². The number of hydrogen-bond donors (Lipinski definition) is 2. The number of benzene rings is 1. The van der Waals surface area contributed by atoms with E-state index in [9.17, 15) is 19.5 Å². The first-order valence-corrected chi connectivity index (χ1v) is 7.63. The lowest BCUT2D eigenvalue weighted by atomic mass is 9.87. The van der Waals surface area contributed by atoms with Gasteiger partial charge in [-0.3, -0.25) is 9.59 Å². The highest BCUT2D eigenvalue weighted by atomic mass is 16.4. The fourth-order valence-corrected chi connectivity index (χ4v) is 2.34. The molecule has 1 aromatic rings. The van der Waals surface area contributed by atoms with Crippen molar-refractivity contribution < 1.29 is 19.5 Å². The quantitative estimate of drug-likeness (QED) is 0.764. The van der Waals surface area contributed by atoms with Crippen molar-refractivity contribution >= 4 is 17.8 Å². The topological polar surface area (TPSA) is 86.7 Å². The predicted octanol–water partition coefficient (Wildman–Crippen LogP) is 1.75. The summed E-state index contributed by atoms with van der Waals surface area (Å²) in [5.41, 5.74) is -0.906. The van der Waals surface area contributed by atoms with E-state index in [-0.39, 0.29) is 31.1 Å². The van der Waals surface area contributed by atoms with Gasteiger partial charge in [-0.1, -0.05) is 37.3 Å². The van der Waals surface area contributed by atoms with Crippen LogP contribution in [0, 0.1) is 0 Å². The molecule has 0 radical (unpaired) electrons. The fourth-order valence-electron chi connectivity index (χ4n) is 2.34. The molecule has 0 aliphatic heterocycles. The van der Waals surface area contributed by atoms with Gasteiger partial charge in [0.1, 0.15) is 0 Å². The molecule has 2 N–H and O–H groups in total. The number of carboxylic acids is 1. The van der Waals surface area contributed by atoms with Crippen LogP contribution in [0.15, 0.2) is 30.3 Å². The van der Waals surface area contributed by atoms with Crippen LogP contribution in [0.4, 0.5) is 0 Å². The molecule has 0 aliphatic rings. The lowest BCUT2D eigenvalue weighted by Gasteiger charge is -2.30. The van der Waals surface area contributed by atoms with Crippen LogP contribution in [-0.4, -0.2) is 41.9 Å². The van der Waals surface area contributed by atoms with Gasteiger partial charge in [0.25, 0.3) is 0 Å². The van der Waals surface area contributed by atoms with Crippen molar-refractivity contribution in [2.75, 3.05) is 14.1 Å². The second-order valence-corrected chi connectivity index (χ2v) is 5.62. The molecule has 2 amide bonds. The van der Waals surface area contributed by atoms with Gasteiger partial charge in [0.05, 0.1) is 0 Å². The first-order valence-electron chi connectivity index (χ1n) is 7.63. The number of amides is 2. The number of nitrogens with zero attached hydrogens (tertiary/aromatic N) is 1. The number of carboxylic acid groups (broad SMARTS) is 1. The van der Waals surface area contributed by atoms with Crippen LogP contribution in [0.2, 0.25) is 0 Å². The normalized spacial score (nSPS) is 13.0. The van der Waals surface area contributed by atoms with E-state index in [1.807, 2.05) is 0 Å². The van der Waals surface area contributed by atoms with Gasteiger partial charge in [-0.25, -0.2) is 4.79 Å². The largest absolute Gasteiger partial charge is 0.479 e. The van der Waals surface area contributed by atoms with Crippen molar-refractivity contribution in [3.05, 3.63) is 35.9 Å². The summed E-state index contributed by atoms with van der Waals surface area (Å²) in [6.07, 6.45) is 0.991. The van der Waals surface area contributed by atoms with Crippen molar-refractivity contribution in [3.63, 3.8) is 0 Å². The zero-order valence-corrected chi connectivity index (χ0v) is 13.8. The molecule has 0 saturated carbocycles. The van der Waals surface area contributed by atoms with Crippen LogP contribution >= 0.6 is 0 Å². The third kappa shape index (κ3) is 4.81. The molecule has 0 bridgehead atoms. The van der Waals surface area contributed by atoms with E-state index in [2.05, 4.69) is 5.32 Å². The highest BCUT2D eigenvalue weighted by Crippen LogP contribution is 2.25. The van der Waals surface area contributed by atoms with Gasteiger partial charge in [0.2, 0.25) is 11.8 Å². The highest BCUT2D eigenvalue weighted by molar-refractivity contribution is 5.88. The van der Waals surface area contributed by atoms with Crippen molar-refractivity contribution in [1.82, 2.24) is 10.2 Å². The van der Waals surface area contributed by atoms with E-state index in [4.69, 9.17) is 0 Å². The molecule has 0 spiro atoms. The Labute approximate surface area is 136 Å². The Morgan fingerprint density at radius 3 is 2.22 bits per heavy atom. The Morgan fingerprint density at radius 1 is 1.13 bits per heavy atom. The third-order valence-electron chi connectivity index (χ3n) is 3.81. The zero-order valence-electron chi connectivity index (χ0n) is 13.8. The van der Waals surface area contributed by atoms with Crippen LogP contribution in [-0.2, 0) is 19.9 Å². The zero-order chi connectivity index (χ0) is 17.5. The molecular formula is C17H24N2O4. The van der Waals surface area contributed by atoms with Crippen LogP contribution < -0.4 is 5.32 Å². The van der Waals surface area contributed by atoms with Crippen molar-refractivity contribution in [2.24, 2.45) is 0 Å². The molecule has 6 nitrogen and oxygen atoms in total. The number of rotatable bonds is 8. The summed E-state index contributed by atoms with van der Waals surface area (Å²) in [6, 6.07) is 8.65. The summed E-state index contributed by atoms with van der Waals surface area (Å²) in [6.45, 7) is 1.72. The number of aliphatic carboxylic acids is 1. The SMILES string of the molecule is CCC(NC(=O)CCCC(=O)N(C)C)(C(=O)O)c1ccccc1. The smallest absolute Gasteiger partial charge is 0.334 e. The van der Waals surface area contributed by atoms with Gasteiger partial charge in [-0.15, -0.1) is 0 Å². The van der Waals surface area contributed by atoms with Crippen LogP contribution in [0.3, 0.4) is 0 Å². The molecule has 126 valence electrons. The Kier molecular flexibility index (Phi) is 6.75. The monoisotopic (exact) mass is 320 g/mol. The second kappa shape index (κ2) is 8.31. The van der Waals surface area contributed by atoms with Gasteiger partial charge in [0, 0.05) is 26.9 Å². The first kappa shape index (κ1) is 18.7. The maximum atomic E-state index is 12.1. The Morgan fingerprint density at radius 2 is 1.74 bits per heavy atom. The third-order valence-corrected chi connectivity index (χ3v) is 3.81. The molecule has 0 heterocycles. The van der Waals surface area contributed by atoms with E-state index in [0.717, 1.165) is 0 Å². The van der Waals surface area contributed by atoms with Crippen molar-refractivity contribution in [2.45, 2.75) is 38.1 Å². The van der Waals surface area contributed by atoms with Gasteiger partial charge in [-0.05, 0) is 18.4 Å². The molecule has 1 rings (SSSR count). The maximum absolute atomic E-state index is 12.1. The standard InChI is InChI=1S/C17H24N2O4/c1-4-17(16(22)23,13-9-6-5-7-10-13)18-14(20)11-8-12-15(21)19(2)3/h5-7,9-10H,4,8,11-12H2,1-3H3,(H,18,20)(H,22,23). The molecule has 0 aliphatic carbocycles. The number of nitrogens with one attached hydrogen (secondary N) is 1. The van der Waals surface area contributed by atoms with E-state index in [1.165, 1.54) is 4.90 Å². The molecular weight excluding hydrogens is 296 g/mol. The molecule has 23 heavy (non-hydrogen) atoms. The summed E-state index contributed by atoms with van der Waals surface area (Å²) in [4.78, 5) is 36.9. The van der Waals surface area contributed by atoms with Crippen molar-refractivity contribution in [3.8, 4) is 0 Å². The number of carbonyl (C=O) groups is 3. The summed E-state index contributed by atoms with van der Waals surface area (Å²) >= 11 is 0. The number of hydrogen-bond acceptors (Lipinski definition) is 3. The number of carbonyl (C=O) groups excluding carboxylic acids is 2. The fraction of sp³-hybridized carbons (Fsp3) is 0.471.